The predicted molar refractivity (Wildman–Crippen MR) is 68.6 cm³/mol. The van der Waals surface area contributed by atoms with E-state index in [1.54, 1.807) is 4.90 Å². The molecule has 100 valence electrons. The van der Waals surface area contributed by atoms with Crippen molar-refractivity contribution in [1.29, 1.82) is 0 Å². The molecule has 4 nitrogen and oxygen atoms in total. The van der Waals surface area contributed by atoms with Crippen LogP contribution in [0.3, 0.4) is 0 Å². The maximum atomic E-state index is 12.1. The van der Waals surface area contributed by atoms with Crippen molar-refractivity contribution in [2.75, 3.05) is 11.5 Å². The largest absolute Gasteiger partial charge is 0.336 e. The summed E-state index contributed by atoms with van der Waals surface area (Å²) in [5.41, 5.74) is 0. The highest BCUT2D eigenvalue weighted by Crippen LogP contribution is 2.22. The molecule has 0 aromatic heterocycles. The first kappa shape index (κ1) is 14.5. The van der Waals surface area contributed by atoms with Crippen molar-refractivity contribution in [3.05, 3.63) is 0 Å². The quantitative estimate of drug-likeness (QED) is 0.772. The van der Waals surface area contributed by atoms with Gasteiger partial charge in [-0.1, -0.05) is 6.92 Å². The molecule has 0 N–H and O–H groups in total. The summed E-state index contributed by atoms with van der Waals surface area (Å²) in [5.74, 6) is -0.441. The van der Waals surface area contributed by atoms with Crippen molar-refractivity contribution in [3.8, 4) is 0 Å². The van der Waals surface area contributed by atoms with Gasteiger partial charge in [-0.15, -0.1) is 0 Å². The minimum Gasteiger partial charge on any atom is -0.336 e. The fourth-order valence-corrected chi connectivity index (χ4v) is 3.85. The smallest absolute Gasteiger partial charge is 0.238 e. The van der Waals surface area contributed by atoms with Gasteiger partial charge in [-0.25, -0.2) is 8.42 Å². The van der Waals surface area contributed by atoms with Gasteiger partial charge in [-0.2, -0.15) is 0 Å². The second-order valence-electron chi connectivity index (χ2n) is 5.02. The Morgan fingerprint density at radius 1 is 1.24 bits per heavy atom. The number of carbonyl (C=O) groups is 1. The van der Waals surface area contributed by atoms with E-state index in [0.29, 0.717) is 6.42 Å². The summed E-state index contributed by atoms with van der Waals surface area (Å²) >= 11 is 0. The van der Waals surface area contributed by atoms with Crippen LogP contribution in [0.5, 0.6) is 0 Å². The number of piperidine rings is 1. The van der Waals surface area contributed by atoms with Crippen LogP contribution in [0.25, 0.3) is 0 Å². The van der Waals surface area contributed by atoms with Gasteiger partial charge in [0.1, 0.15) is 5.75 Å². The maximum absolute atomic E-state index is 12.1. The summed E-state index contributed by atoms with van der Waals surface area (Å²) in [6, 6.07) is 0.339. The van der Waals surface area contributed by atoms with Gasteiger partial charge in [0.2, 0.25) is 5.91 Å². The number of hydrogen-bond acceptors (Lipinski definition) is 3. The molecule has 1 aliphatic heterocycles. The Morgan fingerprint density at radius 3 is 2.24 bits per heavy atom. The fourth-order valence-electron chi connectivity index (χ4n) is 2.56. The van der Waals surface area contributed by atoms with Crippen LogP contribution < -0.4 is 0 Å². The molecule has 17 heavy (non-hydrogen) atoms. The van der Waals surface area contributed by atoms with Crippen LogP contribution in [0, 0.1) is 0 Å². The van der Waals surface area contributed by atoms with Gasteiger partial charge in [0.15, 0.2) is 9.84 Å². The Hall–Kier alpha value is -0.580. The molecule has 2 atom stereocenters. The van der Waals surface area contributed by atoms with Crippen LogP contribution in [0.2, 0.25) is 0 Å². The van der Waals surface area contributed by atoms with E-state index in [1.807, 2.05) is 20.8 Å². The number of sulfone groups is 1. The molecule has 0 spiro atoms. The van der Waals surface area contributed by atoms with E-state index in [0.717, 1.165) is 19.3 Å². The molecule has 0 aromatic rings. The van der Waals surface area contributed by atoms with E-state index < -0.39 is 9.84 Å². The van der Waals surface area contributed by atoms with Gasteiger partial charge < -0.3 is 4.90 Å². The van der Waals surface area contributed by atoms with Crippen molar-refractivity contribution in [3.63, 3.8) is 0 Å². The molecule has 1 fully saturated rings. The van der Waals surface area contributed by atoms with Gasteiger partial charge >= 0.3 is 0 Å². The molecule has 0 aromatic carbocycles. The van der Waals surface area contributed by atoms with Gasteiger partial charge in [0.25, 0.3) is 0 Å². The van der Waals surface area contributed by atoms with Crippen LogP contribution >= 0.6 is 0 Å². The van der Waals surface area contributed by atoms with E-state index >= 15 is 0 Å². The lowest BCUT2D eigenvalue weighted by atomic mass is 9.98. The molecule has 1 aliphatic rings. The van der Waals surface area contributed by atoms with Crippen LogP contribution in [-0.2, 0) is 14.6 Å². The number of likely N-dealkylation sites (tertiary alicyclic amines) is 1. The van der Waals surface area contributed by atoms with E-state index in [9.17, 15) is 13.2 Å². The fraction of sp³-hybridized carbons (Fsp3) is 0.917. The van der Waals surface area contributed by atoms with Crippen molar-refractivity contribution < 1.29 is 13.2 Å². The normalized spacial score (nSPS) is 25.9. The van der Waals surface area contributed by atoms with Gasteiger partial charge in [0.05, 0.1) is 5.75 Å². The lowest BCUT2D eigenvalue weighted by Crippen LogP contribution is -2.49. The Morgan fingerprint density at radius 2 is 1.76 bits per heavy atom. The number of hydrogen-bond donors (Lipinski definition) is 0. The Balaban J connectivity index is 2.69. The van der Waals surface area contributed by atoms with Crippen LogP contribution in [0.1, 0.15) is 46.5 Å². The first-order valence-corrected chi connectivity index (χ1v) is 8.21. The van der Waals surface area contributed by atoms with Crippen molar-refractivity contribution in [2.24, 2.45) is 0 Å². The molecule has 0 bridgehead atoms. The molecule has 1 rings (SSSR count). The average molecular weight is 261 g/mol. The second-order valence-corrected chi connectivity index (χ2v) is 7.21. The third-order valence-corrected chi connectivity index (χ3v) is 5.06. The van der Waals surface area contributed by atoms with E-state index in [4.69, 9.17) is 0 Å². The average Bonchev–Trinajstić information content (AvgIpc) is 2.15. The molecule has 1 heterocycles. The topological polar surface area (TPSA) is 54.5 Å². The number of rotatable bonds is 4. The number of carbonyl (C=O) groups excluding carboxylic acids is 1. The molecular weight excluding hydrogens is 238 g/mol. The minimum absolute atomic E-state index is 0.106. The van der Waals surface area contributed by atoms with E-state index in [-0.39, 0.29) is 29.5 Å². The summed E-state index contributed by atoms with van der Waals surface area (Å²) in [7, 11) is -3.22. The van der Waals surface area contributed by atoms with Crippen LogP contribution in [-0.4, -0.2) is 42.8 Å². The van der Waals surface area contributed by atoms with E-state index in [2.05, 4.69) is 0 Å². The van der Waals surface area contributed by atoms with Gasteiger partial charge in [0, 0.05) is 12.1 Å². The van der Waals surface area contributed by atoms with E-state index in [1.165, 1.54) is 0 Å². The number of amides is 1. The SMILES string of the molecule is CCCS(=O)(=O)CC(=O)N1[C@H](C)CCC[C@@H]1C. The Labute approximate surface area is 104 Å². The summed E-state index contributed by atoms with van der Waals surface area (Å²) in [5, 5.41) is 0. The van der Waals surface area contributed by atoms with Gasteiger partial charge in [-0.05, 0) is 39.5 Å². The molecule has 0 unspecified atom stereocenters. The summed E-state index contributed by atoms with van der Waals surface area (Å²) < 4.78 is 23.3. The third-order valence-electron chi connectivity index (χ3n) is 3.34. The molecular formula is C12H23NO3S. The molecule has 5 heteroatoms. The first-order chi connectivity index (χ1) is 7.87. The highest BCUT2D eigenvalue weighted by atomic mass is 32.2. The minimum atomic E-state index is -3.22. The van der Waals surface area contributed by atoms with Crippen molar-refractivity contribution >= 4 is 15.7 Å². The summed E-state index contributed by atoms with van der Waals surface area (Å²) in [6.07, 6.45) is 3.64. The molecule has 0 aliphatic carbocycles. The summed E-state index contributed by atoms with van der Waals surface area (Å²) in [6.45, 7) is 5.81. The third kappa shape index (κ3) is 3.98. The standard InChI is InChI=1S/C12H23NO3S/c1-4-8-17(15,16)9-12(14)13-10(2)6-5-7-11(13)3/h10-11H,4-9H2,1-3H3/t10-,11+. The Bertz CT molecular complexity index is 354. The molecule has 1 saturated heterocycles. The van der Waals surface area contributed by atoms with Crippen LogP contribution in [0.15, 0.2) is 0 Å². The maximum Gasteiger partial charge on any atom is 0.238 e. The zero-order chi connectivity index (χ0) is 13.1. The lowest BCUT2D eigenvalue weighted by molar-refractivity contribution is -0.134. The van der Waals surface area contributed by atoms with Crippen molar-refractivity contribution in [2.45, 2.75) is 58.5 Å². The first-order valence-electron chi connectivity index (χ1n) is 6.39. The Kier molecular flexibility index (Phi) is 4.98. The van der Waals surface area contributed by atoms with Gasteiger partial charge in [-0.3, -0.25) is 4.79 Å². The predicted octanol–water partition coefficient (Wildman–Crippen LogP) is 1.60. The van der Waals surface area contributed by atoms with Crippen LogP contribution in [0.4, 0.5) is 0 Å². The zero-order valence-corrected chi connectivity index (χ0v) is 11.8. The summed E-state index contributed by atoms with van der Waals surface area (Å²) in [4.78, 5) is 13.8. The molecule has 0 radical (unpaired) electrons. The molecule has 0 saturated carbocycles. The van der Waals surface area contributed by atoms with Crippen molar-refractivity contribution in [1.82, 2.24) is 4.90 Å². The second kappa shape index (κ2) is 5.85. The highest BCUT2D eigenvalue weighted by Gasteiger charge is 2.31. The number of nitrogens with zero attached hydrogens (tertiary/aromatic N) is 1. The molecule has 1 amide bonds. The monoisotopic (exact) mass is 261 g/mol. The lowest BCUT2D eigenvalue weighted by Gasteiger charge is -2.39. The zero-order valence-electron chi connectivity index (χ0n) is 11.0. The highest BCUT2D eigenvalue weighted by molar-refractivity contribution is 7.92.